The number of nitrogens with one attached hydrogen (secondary N) is 1. The highest BCUT2D eigenvalue weighted by atomic mass is 32.2. The van der Waals surface area contributed by atoms with Gasteiger partial charge in [-0.15, -0.1) is 0 Å². The summed E-state index contributed by atoms with van der Waals surface area (Å²) in [4.78, 5) is 29.8. The molecule has 0 unspecified atom stereocenters. The number of rotatable bonds is 7. The molecule has 1 saturated heterocycles. The average molecular weight is 353 g/mol. The molecule has 8 heteroatoms. The smallest absolute Gasteiger partial charge is 0.225 e. The lowest BCUT2D eigenvalue weighted by atomic mass is 10.1. The zero-order valence-corrected chi connectivity index (χ0v) is 14.8. The minimum absolute atomic E-state index is 0.0752. The molecule has 132 valence electrons. The van der Waals surface area contributed by atoms with E-state index in [-0.39, 0.29) is 30.5 Å². The summed E-state index contributed by atoms with van der Waals surface area (Å²) in [6, 6.07) is 3.68. The predicted octanol–water partition coefficient (Wildman–Crippen LogP) is 0.370. The number of carbonyl (C=O) groups is 2. The molecule has 0 saturated carbocycles. The average Bonchev–Trinajstić information content (AvgIpc) is 2.89. The molecule has 0 radical (unpaired) electrons. The van der Waals surface area contributed by atoms with Crippen molar-refractivity contribution in [3.05, 3.63) is 30.1 Å². The van der Waals surface area contributed by atoms with Gasteiger partial charge in [-0.1, -0.05) is 6.07 Å². The van der Waals surface area contributed by atoms with Crippen LogP contribution in [-0.4, -0.2) is 54.2 Å². The van der Waals surface area contributed by atoms with Crippen molar-refractivity contribution in [2.45, 2.75) is 32.1 Å². The van der Waals surface area contributed by atoms with Gasteiger partial charge in [-0.3, -0.25) is 14.6 Å². The number of pyridine rings is 1. The fraction of sp³-hybridized carbons (Fsp3) is 0.562. The molecule has 0 spiro atoms. The van der Waals surface area contributed by atoms with Gasteiger partial charge >= 0.3 is 0 Å². The summed E-state index contributed by atoms with van der Waals surface area (Å²) in [7, 11) is -3.18. The molecule has 0 bridgehead atoms. The molecule has 2 rings (SSSR count). The zero-order valence-electron chi connectivity index (χ0n) is 13.9. The summed E-state index contributed by atoms with van der Waals surface area (Å²) in [5, 5.41) is 2.17. The summed E-state index contributed by atoms with van der Waals surface area (Å²) >= 11 is 0. The lowest BCUT2D eigenvalue weighted by molar-refractivity contribution is -0.129. The number of amides is 2. The van der Waals surface area contributed by atoms with Gasteiger partial charge in [0.2, 0.25) is 11.8 Å². The molecule has 0 aliphatic carbocycles. The van der Waals surface area contributed by atoms with Crippen LogP contribution in [-0.2, 0) is 26.0 Å². The first-order chi connectivity index (χ1) is 11.3. The monoisotopic (exact) mass is 353 g/mol. The first-order valence-corrected chi connectivity index (χ1v) is 9.67. The first kappa shape index (κ1) is 18.4. The van der Waals surface area contributed by atoms with E-state index in [2.05, 4.69) is 10.3 Å². The van der Waals surface area contributed by atoms with Gasteiger partial charge in [0.05, 0.1) is 16.9 Å². The van der Waals surface area contributed by atoms with Crippen LogP contribution in [0.5, 0.6) is 0 Å². The second kappa shape index (κ2) is 7.74. The van der Waals surface area contributed by atoms with Gasteiger partial charge in [0.25, 0.3) is 0 Å². The number of aromatic nitrogens is 1. The minimum atomic E-state index is -3.18. The highest BCUT2D eigenvalue weighted by molar-refractivity contribution is 7.92. The van der Waals surface area contributed by atoms with Gasteiger partial charge in [-0.05, 0) is 25.5 Å². The Bertz CT molecular complexity index is 689. The Balaban J connectivity index is 1.83. The van der Waals surface area contributed by atoms with Crippen LogP contribution >= 0.6 is 0 Å². The standard InChI is InChI=1S/C16H23N3O4S/c1-12(2)24(22,23)7-6-18-16(21)14-8-15(20)19(11-14)10-13-4-3-5-17-9-13/h3-5,9,12,14H,6-8,10-11H2,1-2H3,(H,18,21)/t14-/m0/s1. The van der Waals surface area contributed by atoms with E-state index in [1.807, 2.05) is 6.07 Å². The molecule has 7 nitrogen and oxygen atoms in total. The van der Waals surface area contributed by atoms with Crippen LogP contribution in [0.4, 0.5) is 0 Å². The SMILES string of the molecule is CC(C)S(=O)(=O)CCNC(=O)[C@H]1CC(=O)N(Cc2cccnc2)C1. The third-order valence-corrected chi connectivity index (χ3v) is 6.30. The van der Waals surface area contributed by atoms with Gasteiger partial charge in [0.15, 0.2) is 9.84 Å². The Morgan fingerprint density at radius 1 is 1.46 bits per heavy atom. The molecule has 1 aliphatic rings. The maximum Gasteiger partial charge on any atom is 0.225 e. The fourth-order valence-electron chi connectivity index (χ4n) is 2.51. The first-order valence-electron chi connectivity index (χ1n) is 7.95. The highest BCUT2D eigenvalue weighted by Crippen LogP contribution is 2.20. The van der Waals surface area contributed by atoms with E-state index in [1.54, 1.807) is 37.2 Å². The maximum atomic E-state index is 12.1. The molecular formula is C16H23N3O4S. The molecule has 1 atom stereocenters. The van der Waals surface area contributed by atoms with Crippen molar-refractivity contribution in [2.24, 2.45) is 5.92 Å². The third kappa shape index (κ3) is 4.77. The largest absolute Gasteiger partial charge is 0.355 e. The van der Waals surface area contributed by atoms with Crippen LogP contribution in [0.2, 0.25) is 0 Å². The molecule has 1 N–H and O–H groups in total. The number of nitrogens with zero attached hydrogens (tertiary/aromatic N) is 2. The fourth-order valence-corrected chi connectivity index (χ4v) is 3.37. The van der Waals surface area contributed by atoms with Crippen LogP contribution in [0.15, 0.2) is 24.5 Å². The molecule has 2 heterocycles. The van der Waals surface area contributed by atoms with Crippen molar-refractivity contribution in [3.63, 3.8) is 0 Å². The summed E-state index contributed by atoms with van der Waals surface area (Å²) < 4.78 is 23.4. The third-order valence-electron chi connectivity index (χ3n) is 4.09. The van der Waals surface area contributed by atoms with Crippen molar-refractivity contribution < 1.29 is 18.0 Å². The van der Waals surface area contributed by atoms with Crippen molar-refractivity contribution in [1.29, 1.82) is 0 Å². The van der Waals surface area contributed by atoms with Crippen LogP contribution < -0.4 is 5.32 Å². The molecule has 24 heavy (non-hydrogen) atoms. The van der Waals surface area contributed by atoms with E-state index in [4.69, 9.17) is 0 Å². The predicted molar refractivity (Wildman–Crippen MR) is 89.7 cm³/mol. The normalized spacial score (nSPS) is 18.2. The highest BCUT2D eigenvalue weighted by Gasteiger charge is 2.34. The van der Waals surface area contributed by atoms with E-state index >= 15 is 0 Å². The Morgan fingerprint density at radius 2 is 2.21 bits per heavy atom. The summed E-state index contributed by atoms with van der Waals surface area (Å²) in [6.07, 6.45) is 3.51. The van der Waals surface area contributed by atoms with Gasteiger partial charge in [0, 0.05) is 38.4 Å². The van der Waals surface area contributed by atoms with Gasteiger partial charge in [-0.25, -0.2) is 8.42 Å². The Labute approximate surface area is 142 Å². The Hall–Kier alpha value is -1.96. The minimum Gasteiger partial charge on any atom is -0.355 e. The molecule has 1 aliphatic heterocycles. The summed E-state index contributed by atoms with van der Waals surface area (Å²) in [5.41, 5.74) is 0.912. The van der Waals surface area contributed by atoms with Gasteiger partial charge in [-0.2, -0.15) is 0 Å². The van der Waals surface area contributed by atoms with E-state index in [0.717, 1.165) is 5.56 Å². The lowest BCUT2D eigenvalue weighted by Crippen LogP contribution is -2.36. The second-order valence-electron chi connectivity index (χ2n) is 6.24. The van der Waals surface area contributed by atoms with Crippen LogP contribution in [0.3, 0.4) is 0 Å². The Kier molecular flexibility index (Phi) is 5.93. The summed E-state index contributed by atoms with van der Waals surface area (Å²) in [6.45, 7) is 4.08. The molecule has 2 amide bonds. The van der Waals surface area contributed by atoms with E-state index in [9.17, 15) is 18.0 Å². The molecule has 0 aromatic carbocycles. The number of hydrogen-bond acceptors (Lipinski definition) is 5. The molecule has 1 aromatic rings. The van der Waals surface area contributed by atoms with Crippen LogP contribution in [0, 0.1) is 5.92 Å². The molecular weight excluding hydrogens is 330 g/mol. The number of carbonyl (C=O) groups excluding carboxylic acids is 2. The number of sulfone groups is 1. The van der Waals surface area contributed by atoms with Crippen molar-refractivity contribution >= 4 is 21.7 Å². The van der Waals surface area contributed by atoms with E-state index < -0.39 is 21.0 Å². The van der Waals surface area contributed by atoms with Crippen molar-refractivity contribution in [3.8, 4) is 0 Å². The Morgan fingerprint density at radius 3 is 2.83 bits per heavy atom. The lowest BCUT2D eigenvalue weighted by Gasteiger charge is -2.16. The van der Waals surface area contributed by atoms with E-state index in [1.165, 1.54) is 0 Å². The second-order valence-corrected chi connectivity index (χ2v) is 8.92. The molecule has 1 fully saturated rings. The summed E-state index contributed by atoms with van der Waals surface area (Å²) in [5.74, 6) is -0.864. The van der Waals surface area contributed by atoms with Gasteiger partial charge in [0.1, 0.15) is 0 Å². The van der Waals surface area contributed by atoms with E-state index in [0.29, 0.717) is 13.1 Å². The zero-order chi connectivity index (χ0) is 17.7. The van der Waals surface area contributed by atoms with Crippen molar-refractivity contribution in [1.82, 2.24) is 15.2 Å². The number of hydrogen-bond donors (Lipinski definition) is 1. The maximum absolute atomic E-state index is 12.1. The van der Waals surface area contributed by atoms with Crippen molar-refractivity contribution in [2.75, 3.05) is 18.8 Å². The van der Waals surface area contributed by atoms with Crippen LogP contribution in [0.25, 0.3) is 0 Å². The topological polar surface area (TPSA) is 96.4 Å². The quantitative estimate of drug-likeness (QED) is 0.764. The number of likely N-dealkylation sites (tertiary alicyclic amines) is 1. The molecule has 1 aromatic heterocycles. The van der Waals surface area contributed by atoms with Crippen LogP contribution in [0.1, 0.15) is 25.8 Å². The van der Waals surface area contributed by atoms with Gasteiger partial charge < -0.3 is 10.2 Å².